The molecule has 2 rings (SSSR count). The number of hydrogen-bond donors (Lipinski definition) is 1. The molecule has 1 heterocycles. The van der Waals surface area contributed by atoms with E-state index >= 15 is 0 Å². The van der Waals surface area contributed by atoms with E-state index in [1.807, 2.05) is 25.1 Å². The monoisotopic (exact) mass is 277 g/mol. The highest BCUT2D eigenvalue weighted by Crippen LogP contribution is 2.22. The van der Waals surface area contributed by atoms with Gasteiger partial charge in [0, 0.05) is 12.2 Å². The van der Waals surface area contributed by atoms with E-state index in [2.05, 4.69) is 5.16 Å². The molecule has 0 radical (unpaired) electrons. The number of oxime groups is 1. The lowest BCUT2D eigenvalue weighted by atomic mass is 10.1. The van der Waals surface area contributed by atoms with Gasteiger partial charge in [0.05, 0.1) is 18.4 Å². The normalized spacial score (nSPS) is 19.3. The molecule has 1 aliphatic rings. The zero-order valence-electron chi connectivity index (χ0n) is 12.3. The summed E-state index contributed by atoms with van der Waals surface area (Å²) in [5.74, 6) is 0.776. The van der Waals surface area contributed by atoms with Crippen molar-refractivity contribution < 1.29 is 14.7 Å². The number of rotatable bonds is 6. The van der Waals surface area contributed by atoms with Crippen molar-refractivity contribution in [3.05, 3.63) is 29.3 Å². The Kier molecular flexibility index (Phi) is 5.41. The van der Waals surface area contributed by atoms with Crippen LogP contribution in [0, 0.1) is 6.92 Å². The summed E-state index contributed by atoms with van der Waals surface area (Å²) in [5.41, 5.74) is 2.54. The Bertz CT molecular complexity index is 465. The van der Waals surface area contributed by atoms with Crippen molar-refractivity contribution in [2.24, 2.45) is 5.16 Å². The molecule has 0 aliphatic carbocycles. The van der Waals surface area contributed by atoms with Crippen molar-refractivity contribution in [2.75, 3.05) is 13.2 Å². The van der Waals surface area contributed by atoms with Gasteiger partial charge in [0.15, 0.2) is 0 Å². The molecular weight excluding hydrogens is 254 g/mol. The molecule has 20 heavy (non-hydrogen) atoms. The highest BCUT2D eigenvalue weighted by Gasteiger charge is 2.15. The molecular formula is C16H23NO3. The van der Waals surface area contributed by atoms with Crippen LogP contribution in [0.1, 0.15) is 43.7 Å². The third-order valence-corrected chi connectivity index (χ3v) is 3.63. The molecule has 1 saturated heterocycles. The molecule has 0 aromatic heterocycles. The highest BCUT2D eigenvalue weighted by atomic mass is 16.5. The van der Waals surface area contributed by atoms with Gasteiger partial charge in [-0.05, 0) is 51.7 Å². The molecule has 1 aromatic carbocycles. The molecule has 0 bridgehead atoms. The summed E-state index contributed by atoms with van der Waals surface area (Å²) in [6, 6.07) is 5.92. The number of hydrogen-bond acceptors (Lipinski definition) is 4. The molecule has 1 aliphatic heterocycles. The quantitative estimate of drug-likeness (QED) is 0.374. The van der Waals surface area contributed by atoms with Crippen LogP contribution in [0.15, 0.2) is 23.4 Å². The molecule has 0 spiro atoms. The largest absolute Gasteiger partial charge is 0.493 e. The summed E-state index contributed by atoms with van der Waals surface area (Å²) >= 11 is 0. The smallest absolute Gasteiger partial charge is 0.128 e. The second kappa shape index (κ2) is 7.29. The first-order chi connectivity index (χ1) is 9.70. The molecule has 1 unspecified atom stereocenters. The number of ether oxygens (including phenoxy) is 2. The number of nitrogens with zero attached hydrogens (tertiary/aromatic N) is 1. The first-order valence-corrected chi connectivity index (χ1v) is 7.25. The molecule has 1 aromatic rings. The van der Waals surface area contributed by atoms with Crippen molar-refractivity contribution in [3.8, 4) is 5.75 Å². The molecule has 0 saturated carbocycles. The van der Waals surface area contributed by atoms with Gasteiger partial charge in [-0.1, -0.05) is 16.8 Å². The number of aryl methyl sites for hydroxylation is 1. The van der Waals surface area contributed by atoms with Crippen LogP contribution in [0.3, 0.4) is 0 Å². The van der Waals surface area contributed by atoms with Gasteiger partial charge in [0.2, 0.25) is 0 Å². The molecule has 110 valence electrons. The van der Waals surface area contributed by atoms with Gasteiger partial charge in [-0.15, -0.1) is 0 Å². The van der Waals surface area contributed by atoms with Gasteiger partial charge in [0.1, 0.15) is 5.75 Å². The Morgan fingerprint density at radius 3 is 3.05 bits per heavy atom. The lowest BCUT2D eigenvalue weighted by molar-refractivity contribution is 0.0981. The van der Waals surface area contributed by atoms with E-state index in [1.165, 1.54) is 12.8 Å². The first kappa shape index (κ1) is 14.9. The van der Waals surface area contributed by atoms with Gasteiger partial charge < -0.3 is 14.7 Å². The number of benzene rings is 1. The lowest BCUT2D eigenvalue weighted by Gasteiger charge is -2.13. The molecule has 4 heteroatoms. The van der Waals surface area contributed by atoms with E-state index in [9.17, 15) is 0 Å². The maximum atomic E-state index is 8.93. The molecule has 4 nitrogen and oxygen atoms in total. The first-order valence-electron chi connectivity index (χ1n) is 7.25. The second-order valence-electron chi connectivity index (χ2n) is 5.31. The van der Waals surface area contributed by atoms with E-state index < -0.39 is 0 Å². The van der Waals surface area contributed by atoms with Crippen LogP contribution in [-0.4, -0.2) is 30.2 Å². The van der Waals surface area contributed by atoms with E-state index in [1.54, 1.807) is 6.92 Å². The summed E-state index contributed by atoms with van der Waals surface area (Å²) in [4.78, 5) is 0. The van der Waals surface area contributed by atoms with Crippen molar-refractivity contribution in [2.45, 2.75) is 45.6 Å². The minimum Gasteiger partial charge on any atom is -0.493 e. The maximum Gasteiger partial charge on any atom is 0.128 e. The van der Waals surface area contributed by atoms with Crippen LogP contribution in [0.4, 0.5) is 0 Å². The molecule has 1 fully saturated rings. The topological polar surface area (TPSA) is 51.1 Å². The van der Waals surface area contributed by atoms with Crippen molar-refractivity contribution in [3.63, 3.8) is 0 Å². The van der Waals surface area contributed by atoms with Crippen LogP contribution in [0.5, 0.6) is 5.75 Å². The Morgan fingerprint density at radius 1 is 1.50 bits per heavy atom. The maximum absolute atomic E-state index is 8.93. The summed E-state index contributed by atoms with van der Waals surface area (Å²) in [5, 5.41) is 12.2. The van der Waals surface area contributed by atoms with Crippen LogP contribution >= 0.6 is 0 Å². The van der Waals surface area contributed by atoms with Crippen LogP contribution in [0.25, 0.3) is 0 Å². The minimum atomic E-state index is 0.414. The second-order valence-corrected chi connectivity index (χ2v) is 5.31. The van der Waals surface area contributed by atoms with Crippen molar-refractivity contribution in [1.29, 1.82) is 0 Å². The van der Waals surface area contributed by atoms with Gasteiger partial charge in [-0.25, -0.2) is 0 Å². The summed E-state index contributed by atoms with van der Waals surface area (Å²) in [6.07, 6.45) is 4.80. The minimum absolute atomic E-state index is 0.414. The van der Waals surface area contributed by atoms with Crippen LogP contribution in [-0.2, 0) is 4.74 Å². The highest BCUT2D eigenvalue weighted by molar-refractivity contribution is 6.00. The van der Waals surface area contributed by atoms with Gasteiger partial charge >= 0.3 is 0 Å². The summed E-state index contributed by atoms with van der Waals surface area (Å²) < 4.78 is 11.4. The summed E-state index contributed by atoms with van der Waals surface area (Å²) in [7, 11) is 0. The molecule has 1 atom stereocenters. The van der Waals surface area contributed by atoms with Crippen molar-refractivity contribution >= 4 is 5.71 Å². The molecule has 1 N–H and O–H groups in total. The van der Waals surface area contributed by atoms with Gasteiger partial charge in [-0.2, -0.15) is 0 Å². The average Bonchev–Trinajstić information content (AvgIpc) is 2.97. The fraction of sp³-hybridized carbons (Fsp3) is 0.562. The average molecular weight is 277 g/mol. The van der Waals surface area contributed by atoms with E-state index in [0.717, 1.165) is 36.3 Å². The fourth-order valence-electron chi connectivity index (χ4n) is 2.47. The zero-order valence-corrected chi connectivity index (χ0v) is 12.3. The van der Waals surface area contributed by atoms with Gasteiger partial charge in [-0.3, -0.25) is 0 Å². The van der Waals surface area contributed by atoms with E-state index in [-0.39, 0.29) is 0 Å². The molecule has 0 amide bonds. The Labute approximate surface area is 120 Å². The van der Waals surface area contributed by atoms with E-state index in [0.29, 0.717) is 18.4 Å². The standard InChI is InChI=1S/C16H23NO3/c1-12-7-8-16(15(11-12)13(2)17-18)20-10-4-6-14-5-3-9-19-14/h7-8,11,14,18H,3-6,9-10H2,1-2H3. The predicted molar refractivity (Wildman–Crippen MR) is 78.9 cm³/mol. The lowest BCUT2D eigenvalue weighted by Crippen LogP contribution is -2.09. The predicted octanol–water partition coefficient (Wildman–Crippen LogP) is 3.53. The third kappa shape index (κ3) is 3.97. The fourth-order valence-corrected chi connectivity index (χ4v) is 2.47. The van der Waals surface area contributed by atoms with Crippen LogP contribution in [0.2, 0.25) is 0 Å². The van der Waals surface area contributed by atoms with Crippen LogP contribution < -0.4 is 4.74 Å². The Balaban J connectivity index is 1.88. The third-order valence-electron chi connectivity index (χ3n) is 3.63. The Hall–Kier alpha value is -1.55. The SMILES string of the molecule is CC(=NO)c1cc(C)ccc1OCCCC1CCCO1. The zero-order chi connectivity index (χ0) is 14.4. The Morgan fingerprint density at radius 2 is 2.35 bits per heavy atom. The van der Waals surface area contributed by atoms with Gasteiger partial charge in [0.25, 0.3) is 0 Å². The van der Waals surface area contributed by atoms with E-state index in [4.69, 9.17) is 14.7 Å². The van der Waals surface area contributed by atoms with Crippen molar-refractivity contribution in [1.82, 2.24) is 0 Å². The summed E-state index contributed by atoms with van der Waals surface area (Å²) in [6.45, 7) is 5.35.